The largest absolute Gasteiger partial charge is 0.453 e. The van der Waals surface area contributed by atoms with Crippen molar-refractivity contribution in [3.8, 4) is 11.5 Å². The van der Waals surface area contributed by atoms with Crippen molar-refractivity contribution < 1.29 is 4.74 Å². The minimum atomic E-state index is 0.639. The zero-order valence-corrected chi connectivity index (χ0v) is 9.40. The Morgan fingerprint density at radius 1 is 1.12 bits per heavy atom. The number of ether oxygens (including phenoxy) is 1. The Hall–Kier alpha value is -2.03. The molecular weight excluding hydrogens is 200 g/mol. The van der Waals surface area contributed by atoms with E-state index in [1.54, 1.807) is 6.20 Å². The highest BCUT2D eigenvalue weighted by atomic mass is 16.5. The summed E-state index contributed by atoms with van der Waals surface area (Å²) in [6, 6.07) is 9.49. The van der Waals surface area contributed by atoms with Crippen molar-refractivity contribution in [2.75, 3.05) is 5.73 Å². The molecule has 0 aliphatic heterocycles. The normalized spacial score (nSPS) is 10.1. The summed E-state index contributed by atoms with van der Waals surface area (Å²) >= 11 is 0. The van der Waals surface area contributed by atoms with Crippen LogP contribution in [-0.2, 0) is 0 Å². The Labute approximate surface area is 94.9 Å². The monoisotopic (exact) mass is 214 g/mol. The fourth-order valence-electron chi connectivity index (χ4n) is 1.45. The number of rotatable bonds is 2. The highest BCUT2D eigenvalue weighted by molar-refractivity contribution is 5.57. The van der Waals surface area contributed by atoms with Gasteiger partial charge in [-0.3, -0.25) is 4.98 Å². The molecule has 0 radical (unpaired) electrons. The van der Waals surface area contributed by atoms with Crippen molar-refractivity contribution in [1.82, 2.24) is 4.98 Å². The summed E-state index contributed by atoms with van der Waals surface area (Å²) in [5.41, 5.74) is 8.47. The van der Waals surface area contributed by atoms with Gasteiger partial charge < -0.3 is 10.5 Å². The fraction of sp³-hybridized carbons (Fsp3) is 0.154. The summed E-state index contributed by atoms with van der Waals surface area (Å²) in [6.45, 7) is 3.90. The van der Waals surface area contributed by atoms with Gasteiger partial charge >= 0.3 is 0 Å². The van der Waals surface area contributed by atoms with Crippen molar-refractivity contribution in [2.45, 2.75) is 13.8 Å². The quantitative estimate of drug-likeness (QED) is 0.781. The van der Waals surface area contributed by atoms with E-state index in [0.717, 1.165) is 11.3 Å². The number of hydrogen-bond donors (Lipinski definition) is 1. The van der Waals surface area contributed by atoms with Crippen molar-refractivity contribution in [1.29, 1.82) is 0 Å². The molecule has 2 rings (SSSR count). The molecular formula is C13H14N2O. The molecule has 16 heavy (non-hydrogen) atoms. The van der Waals surface area contributed by atoms with Gasteiger partial charge in [0.1, 0.15) is 5.75 Å². The van der Waals surface area contributed by atoms with Crippen LogP contribution in [0.1, 0.15) is 11.3 Å². The molecule has 0 atom stereocenters. The highest BCUT2D eigenvalue weighted by Gasteiger charge is 2.05. The van der Waals surface area contributed by atoms with Gasteiger partial charge in [0.15, 0.2) is 5.75 Å². The first-order valence-corrected chi connectivity index (χ1v) is 5.12. The Kier molecular flexibility index (Phi) is 2.77. The average Bonchev–Trinajstić information content (AvgIpc) is 2.26. The van der Waals surface area contributed by atoms with E-state index in [1.807, 2.05) is 44.2 Å². The van der Waals surface area contributed by atoms with Crippen molar-refractivity contribution in [3.05, 3.63) is 47.8 Å². The number of nitrogens with zero attached hydrogens (tertiary/aromatic N) is 1. The van der Waals surface area contributed by atoms with Crippen LogP contribution in [0.15, 0.2) is 36.5 Å². The van der Waals surface area contributed by atoms with Gasteiger partial charge in [-0.05, 0) is 37.6 Å². The molecule has 0 unspecified atom stereocenters. The molecule has 0 amide bonds. The van der Waals surface area contributed by atoms with Crippen LogP contribution in [0.4, 0.5) is 5.69 Å². The Morgan fingerprint density at radius 2 is 1.94 bits per heavy atom. The second-order valence-corrected chi connectivity index (χ2v) is 3.73. The van der Waals surface area contributed by atoms with E-state index < -0.39 is 0 Å². The van der Waals surface area contributed by atoms with Gasteiger partial charge in [0.05, 0.1) is 11.9 Å². The average molecular weight is 214 g/mol. The van der Waals surface area contributed by atoms with E-state index in [2.05, 4.69) is 4.98 Å². The van der Waals surface area contributed by atoms with E-state index in [1.165, 1.54) is 0 Å². The number of hydrogen-bond acceptors (Lipinski definition) is 3. The third-order valence-corrected chi connectivity index (χ3v) is 2.35. The van der Waals surface area contributed by atoms with Crippen LogP contribution in [0.25, 0.3) is 0 Å². The van der Waals surface area contributed by atoms with Gasteiger partial charge in [-0.25, -0.2) is 0 Å². The van der Waals surface area contributed by atoms with Crippen LogP contribution in [-0.4, -0.2) is 4.98 Å². The zero-order chi connectivity index (χ0) is 11.5. The van der Waals surface area contributed by atoms with E-state index in [0.29, 0.717) is 17.2 Å². The number of aromatic nitrogens is 1. The minimum absolute atomic E-state index is 0.639. The molecule has 1 aromatic heterocycles. The molecule has 0 saturated heterocycles. The molecule has 3 nitrogen and oxygen atoms in total. The molecule has 82 valence electrons. The number of pyridine rings is 1. The summed E-state index contributed by atoms with van der Waals surface area (Å²) in [7, 11) is 0. The fourth-order valence-corrected chi connectivity index (χ4v) is 1.45. The number of anilines is 1. The summed E-state index contributed by atoms with van der Waals surface area (Å²) < 4.78 is 5.71. The lowest BCUT2D eigenvalue weighted by Crippen LogP contribution is -1.94. The van der Waals surface area contributed by atoms with Crippen molar-refractivity contribution in [2.24, 2.45) is 0 Å². The number of nitrogen functional groups attached to an aromatic ring is 1. The maximum atomic E-state index is 5.85. The number of aryl methyl sites for hydroxylation is 2. The second-order valence-electron chi connectivity index (χ2n) is 3.73. The third-order valence-electron chi connectivity index (χ3n) is 2.35. The highest BCUT2D eigenvalue weighted by Crippen LogP contribution is 2.30. The molecule has 2 N–H and O–H groups in total. The van der Waals surface area contributed by atoms with Crippen LogP contribution in [0.2, 0.25) is 0 Å². The van der Waals surface area contributed by atoms with Crippen LogP contribution >= 0.6 is 0 Å². The third kappa shape index (κ3) is 2.14. The van der Waals surface area contributed by atoms with Gasteiger partial charge in [0.25, 0.3) is 0 Å². The molecule has 0 aliphatic rings. The predicted molar refractivity (Wildman–Crippen MR) is 64.6 cm³/mol. The SMILES string of the molecule is Cc1ccc(Oc2c(C)cccc2N)cn1. The summed E-state index contributed by atoms with van der Waals surface area (Å²) in [6.07, 6.45) is 1.70. The maximum Gasteiger partial charge on any atom is 0.153 e. The van der Waals surface area contributed by atoms with Gasteiger partial charge in [0, 0.05) is 5.69 Å². The van der Waals surface area contributed by atoms with Gasteiger partial charge in [0.2, 0.25) is 0 Å². The topological polar surface area (TPSA) is 48.1 Å². The molecule has 3 heteroatoms. The molecule has 2 aromatic rings. The van der Waals surface area contributed by atoms with Gasteiger partial charge in [-0.2, -0.15) is 0 Å². The van der Waals surface area contributed by atoms with E-state index in [-0.39, 0.29) is 0 Å². The second kappa shape index (κ2) is 4.23. The van der Waals surface area contributed by atoms with Gasteiger partial charge in [-0.1, -0.05) is 12.1 Å². The van der Waals surface area contributed by atoms with Crippen molar-refractivity contribution in [3.63, 3.8) is 0 Å². The summed E-state index contributed by atoms with van der Waals surface area (Å²) in [4.78, 5) is 4.17. The summed E-state index contributed by atoms with van der Waals surface area (Å²) in [5, 5.41) is 0. The standard InChI is InChI=1S/C13H14N2O/c1-9-4-3-5-12(14)13(9)16-11-7-6-10(2)15-8-11/h3-8H,14H2,1-2H3. The van der Waals surface area contributed by atoms with Crippen molar-refractivity contribution >= 4 is 5.69 Å². The van der Waals surface area contributed by atoms with Crippen LogP contribution < -0.4 is 10.5 Å². The predicted octanol–water partition coefficient (Wildman–Crippen LogP) is 3.07. The molecule has 0 saturated carbocycles. The van der Waals surface area contributed by atoms with Gasteiger partial charge in [-0.15, -0.1) is 0 Å². The van der Waals surface area contributed by atoms with Crippen LogP contribution in [0.3, 0.4) is 0 Å². The van der Waals surface area contributed by atoms with E-state index >= 15 is 0 Å². The first kappa shape index (κ1) is 10.5. The lowest BCUT2D eigenvalue weighted by Gasteiger charge is -2.10. The smallest absolute Gasteiger partial charge is 0.153 e. The minimum Gasteiger partial charge on any atom is -0.453 e. The van der Waals surface area contributed by atoms with E-state index in [4.69, 9.17) is 10.5 Å². The lowest BCUT2D eigenvalue weighted by molar-refractivity contribution is 0.478. The first-order valence-electron chi connectivity index (χ1n) is 5.12. The lowest BCUT2D eigenvalue weighted by atomic mass is 10.2. The number of nitrogens with two attached hydrogens (primary N) is 1. The number of benzene rings is 1. The molecule has 1 aromatic carbocycles. The van der Waals surface area contributed by atoms with Crippen LogP contribution in [0.5, 0.6) is 11.5 Å². The van der Waals surface area contributed by atoms with Crippen LogP contribution in [0, 0.1) is 13.8 Å². The number of para-hydroxylation sites is 1. The Bertz CT molecular complexity index is 472. The van der Waals surface area contributed by atoms with E-state index in [9.17, 15) is 0 Å². The Balaban J connectivity index is 2.30. The zero-order valence-electron chi connectivity index (χ0n) is 9.40. The molecule has 0 spiro atoms. The Morgan fingerprint density at radius 3 is 2.56 bits per heavy atom. The molecule has 0 bridgehead atoms. The molecule has 0 fully saturated rings. The molecule has 0 aliphatic carbocycles. The summed E-state index contributed by atoms with van der Waals surface area (Å²) in [5.74, 6) is 1.40. The first-order chi connectivity index (χ1) is 7.66. The maximum absolute atomic E-state index is 5.85. The molecule has 1 heterocycles.